The summed E-state index contributed by atoms with van der Waals surface area (Å²) in [5, 5.41) is 5.29. The largest absolute Gasteiger partial charge is 0.344 e. The van der Waals surface area contributed by atoms with Crippen LogP contribution in [0.15, 0.2) is 29.3 Å². The van der Waals surface area contributed by atoms with Gasteiger partial charge >= 0.3 is 0 Å². The number of benzene rings is 1. The molecule has 1 aromatic carbocycles. The molecule has 4 rings (SSSR count). The first-order valence-corrected chi connectivity index (χ1v) is 11.4. The van der Waals surface area contributed by atoms with E-state index < -0.39 is 26.6 Å². The number of halogens is 2. The Balaban J connectivity index is 1.51. The molecule has 0 unspecified atom stereocenters. The third-order valence-corrected chi connectivity index (χ3v) is 7.76. The number of fused-ring (bicyclic) bond motifs is 1. The van der Waals surface area contributed by atoms with Crippen LogP contribution in [-0.2, 0) is 15.4 Å². The van der Waals surface area contributed by atoms with Crippen LogP contribution in [0.3, 0.4) is 0 Å². The molecule has 2 aromatic heterocycles. The van der Waals surface area contributed by atoms with E-state index in [0.29, 0.717) is 13.1 Å². The van der Waals surface area contributed by atoms with Gasteiger partial charge in [-0.25, -0.2) is 26.7 Å². The van der Waals surface area contributed by atoms with E-state index in [2.05, 4.69) is 30.9 Å². The molecular weight excluding hydrogens is 420 g/mol. The van der Waals surface area contributed by atoms with Crippen molar-refractivity contribution >= 4 is 31.5 Å². The van der Waals surface area contributed by atoms with Crippen LogP contribution in [0, 0.1) is 11.6 Å². The summed E-state index contributed by atoms with van der Waals surface area (Å²) in [6.07, 6.45) is 1.90. The molecule has 0 radical (unpaired) electrons. The van der Waals surface area contributed by atoms with E-state index in [-0.39, 0.29) is 18.5 Å². The van der Waals surface area contributed by atoms with Crippen molar-refractivity contribution < 1.29 is 17.2 Å². The van der Waals surface area contributed by atoms with Crippen molar-refractivity contribution in [3.05, 3.63) is 41.7 Å². The quantitative estimate of drug-likeness (QED) is 0.625. The predicted octanol–water partition coefficient (Wildman–Crippen LogP) is 2.88. The smallest absolute Gasteiger partial charge is 0.249 e. The summed E-state index contributed by atoms with van der Waals surface area (Å²) < 4.78 is 56.2. The first-order chi connectivity index (χ1) is 13.6. The van der Waals surface area contributed by atoms with Gasteiger partial charge in [-0.15, -0.1) is 5.10 Å². The Morgan fingerprint density at radius 3 is 2.24 bits per heavy atom. The van der Waals surface area contributed by atoms with Gasteiger partial charge < -0.3 is 4.90 Å². The van der Waals surface area contributed by atoms with Crippen molar-refractivity contribution in [2.75, 3.05) is 31.1 Å². The van der Waals surface area contributed by atoms with E-state index in [0.717, 1.165) is 38.3 Å². The fraction of sp³-hybridized carbons (Fsp3) is 0.444. The van der Waals surface area contributed by atoms with Crippen LogP contribution >= 0.6 is 11.3 Å². The van der Waals surface area contributed by atoms with Crippen molar-refractivity contribution in [3.8, 4) is 0 Å². The molecule has 0 atom stereocenters. The molecule has 0 N–H and O–H groups in total. The third kappa shape index (κ3) is 3.62. The lowest BCUT2D eigenvalue weighted by Crippen LogP contribution is -2.49. The van der Waals surface area contributed by atoms with Gasteiger partial charge in [-0.1, -0.05) is 38.2 Å². The van der Waals surface area contributed by atoms with Crippen molar-refractivity contribution in [1.82, 2.24) is 18.9 Å². The van der Waals surface area contributed by atoms with Gasteiger partial charge in [-0.05, 0) is 12.1 Å². The van der Waals surface area contributed by atoms with Gasteiger partial charge in [-0.3, -0.25) is 0 Å². The van der Waals surface area contributed by atoms with E-state index in [9.17, 15) is 17.2 Å². The second kappa shape index (κ2) is 6.99. The number of imidazole rings is 1. The van der Waals surface area contributed by atoms with E-state index in [1.54, 1.807) is 4.52 Å². The number of rotatable bonds is 3. The fourth-order valence-electron chi connectivity index (χ4n) is 3.16. The lowest BCUT2D eigenvalue weighted by atomic mass is 9.93. The lowest BCUT2D eigenvalue weighted by Gasteiger charge is -2.33. The minimum absolute atomic E-state index is 0.0739. The third-order valence-electron chi connectivity index (χ3n) is 4.83. The molecule has 1 aliphatic rings. The highest BCUT2D eigenvalue weighted by Gasteiger charge is 2.34. The monoisotopic (exact) mass is 441 g/mol. The van der Waals surface area contributed by atoms with E-state index >= 15 is 0 Å². The Labute approximate surface area is 171 Å². The second-order valence-electron chi connectivity index (χ2n) is 7.93. The summed E-state index contributed by atoms with van der Waals surface area (Å²) in [6.45, 7) is 7.22. The number of hydrogen-bond acceptors (Lipinski definition) is 6. The summed E-state index contributed by atoms with van der Waals surface area (Å²) in [7, 11) is -4.24. The van der Waals surface area contributed by atoms with E-state index in [1.807, 2.05) is 11.1 Å². The predicted molar refractivity (Wildman–Crippen MR) is 107 cm³/mol. The number of anilines is 1. The van der Waals surface area contributed by atoms with Crippen molar-refractivity contribution in [1.29, 1.82) is 0 Å². The zero-order valence-electron chi connectivity index (χ0n) is 16.3. The molecule has 3 heterocycles. The maximum absolute atomic E-state index is 14.0. The second-order valence-corrected chi connectivity index (χ2v) is 10.7. The average Bonchev–Trinajstić information content (AvgIpc) is 3.20. The standard InChI is InChI=1S/C18H21F2N5O2S2/c1-18(2,3)14-11-25-16(21-14)28-17(22-25)23-7-9-24(10-8-23)29(26,27)15-12(19)5-4-6-13(15)20/h4-6,11H,7-10H2,1-3H3. The first-order valence-electron chi connectivity index (χ1n) is 9.13. The van der Waals surface area contributed by atoms with Gasteiger partial charge in [0.15, 0.2) is 4.90 Å². The molecule has 29 heavy (non-hydrogen) atoms. The number of nitrogens with zero attached hydrogens (tertiary/aromatic N) is 5. The van der Waals surface area contributed by atoms with Gasteiger partial charge in [0.05, 0.1) is 11.9 Å². The van der Waals surface area contributed by atoms with Gasteiger partial charge in [-0.2, -0.15) is 4.31 Å². The van der Waals surface area contributed by atoms with Crippen molar-refractivity contribution in [2.24, 2.45) is 0 Å². The molecule has 1 saturated heterocycles. The minimum atomic E-state index is -4.24. The Hall–Kier alpha value is -2.11. The minimum Gasteiger partial charge on any atom is -0.344 e. The molecule has 1 fully saturated rings. The SMILES string of the molecule is CC(C)(C)c1cn2nc(N3CCN(S(=O)(=O)c4c(F)cccc4F)CC3)sc2n1. The molecule has 3 aromatic rings. The molecule has 0 spiro atoms. The molecule has 156 valence electrons. The number of sulfonamides is 1. The maximum atomic E-state index is 14.0. The lowest BCUT2D eigenvalue weighted by molar-refractivity contribution is 0.378. The topological polar surface area (TPSA) is 70.8 Å². The molecule has 1 aliphatic heterocycles. The molecular formula is C18H21F2N5O2S2. The molecule has 0 bridgehead atoms. The Bertz CT molecular complexity index is 1110. The van der Waals surface area contributed by atoms with Crippen LogP contribution in [0.4, 0.5) is 13.9 Å². The summed E-state index contributed by atoms with van der Waals surface area (Å²) in [5.74, 6) is -2.16. The van der Waals surface area contributed by atoms with Crippen molar-refractivity contribution in [2.45, 2.75) is 31.1 Å². The van der Waals surface area contributed by atoms with E-state index in [4.69, 9.17) is 0 Å². The summed E-state index contributed by atoms with van der Waals surface area (Å²) >= 11 is 1.43. The van der Waals surface area contributed by atoms with Crippen LogP contribution in [0.25, 0.3) is 4.96 Å². The van der Waals surface area contributed by atoms with Crippen LogP contribution in [-0.4, -0.2) is 53.5 Å². The van der Waals surface area contributed by atoms with Crippen LogP contribution in [0.1, 0.15) is 26.5 Å². The van der Waals surface area contributed by atoms with Crippen LogP contribution in [0.2, 0.25) is 0 Å². The van der Waals surface area contributed by atoms with E-state index in [1.165, 1.54) is 11.3 Å². The first kappa shape index (κ1) is 20.2. The average molecular weight is 442 g/mol. The Morgan fingerprint density at radius 1 is 1.07 bits per heavy atom. The summed E-state index contributed by atoms with van der Waals surface area (Å²) in [6, 6.07) is 3.04. The molecule has 11 heteroatoms. The summed E-state index contributed by atoms with van der Waals surface area (Å²) in [4.78, 5) is 6.45. The Morgan fingerprint density at radius 2 is 1.69 bits per heavy atom. The van der Waals surface area contributed by atoms with Crippen LogP contribution in [0.5, 0.6) is 0 Å². The number of hydrogen-bond donors (Lipinski definition) is 0. The summed E-state index contributed by atoms with van der Waals surface area (Å²) in [5.41, 5.74) is 0.876. The number of aromatic nitrogens is 3. The molecule has 0 aliphatic carbocycles. The normalized spacial score (nSPS) is 16.7. The van der Waals surface area contributed by atoms with Gasteiger partial charge in [0.25, 0.3) is 0 Å². The van der Waals surface area contributed by atoms with Gasteiger partial charge in [0, 0.05) is 31.6 Å². The highest BCUT2D eigenvalue weighted by Crippen LogP contribution is 2.29. The number of piperazine rings is 1. The highest BCUT2D eigenvalue weighted by atomic mass is 32.2. The van der Waals surface area contributed by atoms with Gasteiger partial charge in [0.2, 0.25) is 20.1 Å². The zero-order valence-corrected chi connectivity index (χ0v) is 17.9. The Kier molecular flexibility index (Phi) is 4.87. The maximum Gasteiger partial charge on any atom is 0.249 e. The zero-order chi connectivity index (χ0) is 21.0. The molecule has 7 nitrogen and oxygen atoms in total. The van der Waals surface area contributed by atoms with Gasteiger partial charge in [0.1, 0.15) is 11.6 Å². The molecule has 0 amide bonds. The van der Waals surface area contributed by atoms with Crippen LogP contribution < -0.4 is 4.90 Å². The van der Waals surface area contributed by atoms with Crippen molar-refractivity contribution in [3.63, 3.8) is 0 Å². The fourth-order valence-corrected chi connectivity index (χ4v) is 5.62. The highest BCUT2D eigenvalue weighted by molar-refractivity contribution is 7.89. The molecule has 0 saturated carbocycles.